The third-order valence-corrected chi connectivity index (χ3v) is 4.03. The number of para-hydroxylation sites is 1. The van der Waals surface area contributed by atoms with Crippen molar-refractivity contribution in [3.8, 4) is 5.69 Å². The minimum atomic E-state index is -0.125. The number of benzene rings is 2. The largest absolute Gasteiger partial charge is 0.381 e. The number of nitrogens with one attached hydrogen (secondary N) is 2. The summed E-state index contributed by atoms with van der Waals surface area (Å²) in [4.78, 5) is 16.6. The molecule has 1 atom stereocenters. The number of amides is 1. The third kappa shape index (κ3) is 3.97. The molecule has 0 saturated heterocycles. The Balaban J connectivity index is 1.70. The first-order valence-corrected chi connectivity index (χ1v) is 8.38. The number of nitrogens with zero attached hydrogens (tertiary/aromatic N) is 3. The van der Waals surface area contributed by atoms with Gasteiger partial charge in [0.15, 0.2) is 0 Å². The number of anilines is 1. The standard InChI is InChI=1S/C20H21N5O/c1-3-12-22-19-7-5-4-6-18(19)20(26)24-15(2)16-8-10-17(11-9-16)25-14-21-13-23-25/h3-11,13-15,22H,1,12H2,2H3,(H,24,26)/t15-/m1/s1. The average molecular weight is 347 g/mol. The van der Waals surface area contributed by atoms with E-state index in [4.69, 9.17) is 0 Å². The summed E-state index contributed by atoms with van der Waals surface area (Å²) >= 11 is 0. The van der Waals surface area contributed by atoms with Gasteiger partial charge in [-0.15, -0.1) is 6.58 Å². The monoisotopic (exact) mass is 347 g/mol. The molecule has 0 saturated carbocycles. The number of rotatable bonds is 7. The van der Waals surface area contributed by atoms with Crippen LogP contribution < -0.4 is 10.6 Å². The highest BCUT2D eigenvalue weighted by atomic mass is 16.1. The second-order valence-electron chi connectivity index (χ2n) is 5.84. The van der Waals surface area contributed by atoms with Crippen molar-refractivity contribution in [1.29, 1.82) is 0 Å². The van der Waals surface area contributed by atoms with Gasteiger partial charge in [0.25, 0.3) is 5.91 Å². The number of carbonyl (C=O) groups is 1. The van der Waals surface area contributed by atoms with Crippen LogP contribution in [0.1, 0.15) is 28.9 Å². The van der Waals surface area contributed by atoms with Gasteiger partial charge in [-0.3, -0.25) is 4.79 Å². The minimum absolute atomic E-state index is 0.120. The number of carbonyl (C=O) groups excluding carboxylic acids is 1. The van der Waals surface area contributed by atoms with E-state index in [0.717, 1.165) is 16.9 Å². The smallest absolute Gasteiger partial charge is 0.253 e. The van der Waals surface area contributed by atoms with Crippen LogP contribution in [0.25, 0.3) is 5.69 Å². The summed E-state index contributed by atoms with van der Waals surface area (Å²) in [5.74, 6) is -0.120. The molecule has 2 N–H and O–H groups in total. The van der Waals surface area contributed by atoms with E-state index in [-0.39, 0.29) is 11.9 Å². The van der Waals surface area contributed by atoms with E-state index in [2.05, 4.69) is 27.3 Å². The summed E-state index contributed by atoms with van der Waals surface area (Å²) < 4.78 is 1.69. The second kappa shape index (κ2) is 8.11. The van der Waals surface area contributed by atoms with Crippen LogP contribution >= 0.6 is 0 Å². The van der Waals surface area contributed by atoms with Crippen LogP contribution in [0.2, 0.25) is 0 Å². The zero-order chi connectivity index (χ0) is 18.4. The first kappa shape index (κ1) is 17.4. The Kier molecular flexibility index (Phi) is 5.43. The van der Waals surface area contributed by atoms with Gasteiger partial charge in [0.05, 0.1) is 17.3 Å². The van der Waals surface area contributed by atoms with Gasteiger partial charge in [-0.25, -0.2) is 9.67 Å². The van der Waals surface area contributed by atoms with Crippen molar-refractivity contribution < 1.29 is 4.79 Å². The van der Waals surface area contributed by atoms with Gasteiger partial charge >= 0.3 is 0 Å². The van der Waals surface area contributed by atoms with Gasteiger partial charge in [-0.2, -0.15) is 5.10 Å². The van der Waals surface area contributed by atoms with E-state index in [0.29, 0.717) is 12.1 Å². The molecule has 0 bridgehead atoms. The molecule has 6 nitrogen and oxygen atoms in total. The fourth-order valence-corrected chi connectivity index (χ4v) is 2.63. The lowest BCUT2D eigenvalue weighted by Gasteiger charge is -2.17. The Labute approximate surface area is 152 Å². The normalized spacial score (nSPS) is 11.6. The van der Waals surface area contributed by atoms with Crippen molar-refractivity contribution in [3.05, 3.63) is 85.0 Å². The molecule has 0 spiro atoms. The fourth-order valence-electron chi connectivity index (χ4n) is 2.63. The van der Waals surface area contributed by atoms with Crippen LogP contribution in [-0.2, 0) is 0 Å². The molecule has 6 heteroatoms. The van der Waals surface area contributed by atoms with Crippen molar-refractivity contribution in [2.45, 2.75) is 13.0 Å². The summed E-state index contributed by atoms with van der Waals surface area (Å²) in [7, 11) is 0. The highest BCUT2D eigenvalue weighted by Crippen LogP contribution is 2.19. The zero-order valence-corrected chi connectivity index (χ0v) is 14.6. The van der Waals surface area contributed by atoms with E-state index < -0.39 is 0 Å². The highest BCUT2D eigenvalue weighted by molar-refractivity contribution is 5.99. The maximum Gasteiger partial charge on any atom is 0.253 e. The molecule has 1 amide bonds. The Morgan fingerprint density at radius 3 is 2.69 bits per heavy atom. The molecule has 3 rings (SSSR count). The van der Waals surface area contributed by atoms with Crippen LogP contribution in [0.5, 0.6) is 0 Å². The molecule has 26 heavy (non-hydrogen) atoms. The van der Waals surface area contributed by atoms with E-state index in [1.165, 1.54) is 6.33 Å². The summed E-state index contributed by atoms with van der Waals surface area (Å²) in [5, 5.41) is 10.3. The molecule has 0 aliphatic rings. The van der Waals surface area contributed by atoms with E-state index in [9.17, 15) is 4.79 Å². The Morgan fingerprint density at radius 2 is 2.00 bits per heavy atom. The van der Waals surface area contributed by atoms with Crippen molar-refractivity contribution in [1.82, 2.24) is 20.1 Å². The molecular formula is C20H21N5O. The Hall–Kier alpha value is -3.41. The highest BCUT2D eigenvalue weighted by Gasteiger charge is 2.14. The van der Waals surface area contributed by atoms with Gasteiger partial charge in [-0.1, -0.05) is 30.3 Å². The molecule has 3 aromatic rings. The van der Waals surface area contributed by atoms with Crippen molar-refractivity contribution in [2.24, 2.45) is 0 Å². The van der Waals surface area contributed by atoms with Gasteiger partial charge in [-0.05, 0) is 36.8 Å². The molecule has 1 heterocycles. The summed E-state index contributed by atoms with van der Waals surface area (Å²) in [6.07, 6.45) is 4.90. The molecule has 0 aliphatic carbocycles. The van der Waals surface area contributed by atoms with Crippen LogP contribution in [0.15, 0.2) is 73.8 Å². The van der Waals surface area contributed by atoms with E-state index >= 15 is 0 Å². The van der Waals surface area contributed by atoms with Gasteiger partial charge in [0.1, 0.15) is 12.7 Å². The minimum Gasteiger partial charge on any atom is -0.381 e. The van der Waals surface area contributed by atoms with Crippen LogP contribution in [0.3, 0.4) is 0 Å². The lowest BCUT2D eigenvalue weighted by molar-refractivity contribution is 0.0940. The lowest BCUT2D eigenvalue weighted by atomic mass is 10.1. The van der Waals surface area contributed by atoms with Crippen molar-refractivity contribution >= 4 is 11.6 Å². The summed E-state index contributed by atoms with van der Waals surface area (Å²) in [6, 6.07) is 15.2. The van der Waals surface area contributed by atoms with Gasteiger partial charge in [0, 0.05) is 12.2 Å². The summed E-state index contributed by atoms with van der Waals surface area (Å²) in [6.45, 7) is 6.25. The third-order valence-electron chi connectivity index (χ3n) is 4.03. The maximum absolute atomic E-state index is 12.7. The van der Waals surface area contributed by atoms with Gasteiger partial charge in [0.2, 0.25) is 0 Å². The first-order valence-electron chi connectivity index (χ1n) is 8.38. The van der Waals surface area contributed by atoms with Gasteiger partial charge < -0.3 is 10.6 Å². The fraction of sp³-hybridized carbons (Fsp3) is 0.150. The van der Waals surface area contributed by atoms with Crippen molar-refractivity contribution in [3.63, 3.8) is 0 Å². The second-order valence-corrected chi connectivity index (χ2v) is 5.84. The molecule has 0 aliphatic heterocycles. The van der Waals surface area contributed by atoms with Crippen LogP contribution in [0, 0.1) is 0 Å². The molecule has 132 valence electrons. The quantitative estimate of drug-likeness (QED) is 0.643. The predicted octanol–water partition coefficient (Wildman–Crippen LogP) is 3.36. The van der Waals surface area contributed by atoms with E-state index in [1.807, 2.05) is 49.4 Å². The molecule has 0 radical (unpaired) electrons. The topological polar surface area (TPSA) is 71.8 Å². The maximum atomic E-state index is 12.7. The average Bonchev–Trinajstić information content (AvgIpc) is 3.21. The Bertz CT molecular complexity index is 871. The lowest BCUT2D eigenvalue weighted by Crippen LogP contribution is -2.27. The van der Waals surface area contributed by atoms with E-state index in [1.54, 1.807) is 23.2 Å². The van der Waals surface area contributed by atoms with Crippen LogP contribution in [0.4, 0.5) is 5.69 Å². The zero-order valence-electron chi connectivity index (χ0n) is 14.6. The summed E-state index contributed by atoms with van der Waals surface area (Å²) in [5.41, 5.74) is 3.33. The molecule has 0 unspecified atom stereocenters. The molecule has 2 aromatic carbocycles. The first-order chi connectivity index (χ1) is 12.7. The van der Waals surface area contributed by atoms with Crippen molar-refractivity contribution in [2.75, 3.05) is 11.9 Å². The number of aromatic nitrogens is 3. The predicted molar refractivity (Wildman–Crippen MR) is 102 cm³/mol. The molecule has 1 aromatic heterocycles. The molecule has 0 fully saturated rings. The SMILES string of the molecule is C=CCNc1ccccc1C(=O)N[C@H](C)c1ccc(-n2cncn2)cc1. The number of hydrogen-bond acceptors (Lipinski definition) is 4. The van der Waals surface area contributed by atoms with Crippen LogP contribution in [-0.4, -0.2) is 27.2 Å². The Morgan fingerprint density at radius 1 is 1.23 bits per heavy atom. The number of hydrogen-bond donors (Lipinski definition) is 2. The molecular weight excluding hydrogens is 326 g/mol.